The van der Waals surface area contributed by atoms with Crippen molar-refractivity contribution in [3.63, 3.8) is 0 Å². The van der Waals surface area contributed by atoms with E-state index in [0.717, 1.165) is 10.6 Å². The van der Waals surface area contributed by atoms with Gasteiger partial charge in [-0.05, 0) is 125 Å². The van der Waals surface area contributed by atoms with Crippen LogP contribution in [0.5, 0.6) is 0 Å². The Bertz CT molecular complexity index is 1540. The van der Waals surface area contributed by atoms with E-state index in [9.17, 15) is 29.2 Å². The maximum atomic E-state index is 14.4. The molecular formula is C44H70N5O8. The van der Waals surface area contributed by atoms with Crippen molar-refractivity contribution in [2.45, 2.75) is 168 Å². The number of hydrogen-bond acceptors (Lipinski definition) is 8. The van der Waals surface area contributed by atoms with Crippen LogP contribution in [-0.4, -0.2) is 93.7 Å². The van der Waals surface area contributed by atoms with Gasteiger partial charge in [0.25, 0.3) is 0 Å². The lowest BCUT2D eigenvalue weighted by atomic mass is 9.86. The van der Waals surface area contributed by atoms with E-state index < -0.39 is 64.7 Å². The molecule has 1 aromatic carbocycles. The number of amides is 4. The number of hydrogen-bond donors (Lipinski definition) is 3. The largest absolute Gasteiger partial charge is 0.461 e. The fraction of sp³-hybridized carbons (Fsp3) is 0.705. The summed E-state index contributed by atoms with van der Waals surface area (Å²) < 4.78 is 11.0. The minimum absolute atomic E-state index is 0.170. The van der Waals surface area contributed by atoms with E-state index in [1.165, 1.54) is 0 Å². The van der Waals surface area contributed by atoms with Gasteiger partial charge < -0.3 is 30.3 Å². The summed E-state index contributed by atoms with van der Waals surface area (Å²) >= 11 is 0. The van der Waals surface area contributed by atoms with Crippen LogP contribution in [0.4, 0.5) is 4.79 Å². The van der Waals surface area contributed by atoms with Gasteiger partial charge >= 0.3 is 12.1 Å². The summed E-state index contributed by atoms with van der Waals surface area (Å²) in [5, 5.41) is 22.6. The Balaban J connectivity index is 1.72. The summed E-state index contributed by atoms with van der Waals surface area (Å²) in [4.78, 5) is 69.0. The third-order valence-electron chi connectivity index (χ3n) is 10.6. The van der Waals surface area contributed by atoms with Crippen molar-refractivity contribution in [2.24, 2.45) is 17.8 Å². The third-order valence-corrected chi connectivity index (χ3v) is 10.6. The zero-order valence-corrected chi connectivity index (χ0v) is 36.3. The molecule has 3 rings (SSSR count). The summed E-state index contributed by atoms with van der Waals surface area (Å²) in [6.07, 6.45) is 6.66. The topological polar surface area (TPSA) is 166 Å². The average Bonchev–Trinajstić information content (AvgIpc) is 3.65. The average molecular weight is 797 g/mol. The van der Waals surface area contributed by atoms with Crippen molar-refractivity contribution in [2.75, 3.05) is 13.1 Å². The highest BCUT2D eigenvalue weighted by Crippen LogP contribution is 2.43. The highest BCUT2D eigenvalue weighted by Gasteiger charge is 2.55. The van der Waals surface area contributed by atoms with Gasteiger partial charge in [0.05, 0.1) is 29.5 Å². The van der Waals surface area contributed by atoms with E-state index in [-0.39, 0.29) is 30.2 Å². The second-order valence-corrected chi connectivity index (χ2v) is 18.6. The molecule has 1 aromatic rings. The molecular weight excluding hydrogens is 727 g/mol. The van der Waals surface area contributed by atoms with Gasteiger partial charge in [0.15, 0.2) is 0 Å². The number of alkyl carbamates (subject to hydrolysis) is 1. The molecule has 2 heterocycles. The van der Waals surface area contributed by atoms with Gasteiger partial charge in [-0.1, -0.05) is 56.3 Å². The highest BCUT2D eigenvalue weighted by atomic mass is 16.6. The van der Waals surface area contributed by atoms with Crippen LogP contribution in [0.25, 0.3) is 0 Å². The summed E-state index contributed by atoms with van der Waals surface area (Å²) in [7, 11) is 0. The second-order valence-electron chi connectivity index (χ2n) is 18.6. The number of benzene rings is 1. The molecule has 1 unspecified atom stereocenters. The number of nitrogens with one attached hydrogen (secondary N) is 3. The van der Waals surface area contributed by atoms with Gasteiger partial charge in [0.2, 0.25) is 17.7 Å². The SMILES string of the molecule is CC(C)C[C@@H](/C=C/[C@H](Cc1ccccc1)C(=O)N1CCC[C@H]1C(=O)N[C@@H](CCCCNC(=O)C1CC(C)(C)N([O])C1(C)C)C(=O)OC(C)C)NC(=O)OC(C)(C)C. The van der Waals surface area contributed by atoms with Gasteiger partial charge in [0.1, 0.15) is 17.7 Å². The first kappa shape index (κ1) is 47.4. The summed E-state index contributed by atoms with van der Waals surface area (Å²) in [5.74, 6) is -2.17. The number of ether oxygens (including phenoxy) is 2. The molecule has 0 aromatic heterocycles. The van der Waals surface area contributed by atoms with Crippen molar-refractivity contribution >= 4 is 29.8 Å². The predicted octanol–water partition coefficient (Wildman–Crippen LogP) is 6.28. The molecule has 2 saturated heterocycles. The van der Waals surface area contributed by atoms with E-state index in [4.69, 9.17) is 9.47 Å². The first-order valence-electron chi connectivity index (χ1n) is 20.8. The lowest BCUT2D eigenvalue weighted by molar-refractivity contribution is -0.247. The smallest absolute Gasteiger partial charge is 0.408 e. The first-order valence-corrected chi connectivity index (χ1v) is 20.8. The number of likely N-dealkylation sites (tertiary alicyclic amines) is 1. The van der Waals surface area contributed by atoms with Crippen molar-refractivity contribution in [1.82, 2.24) is 25.9 Å². The number of carbonyl (C=O) groups excluding carboxylic acids is 5. The van der Waals surface area contributed by atoms with E-state index >= 15 is 0 Å². The van der Waals surface area contributed by atoms with Gasteiger partial charge in [-0.2, -0.15) is 0 Å². The summed E-state index contributed by atoms with van der Waals surface area (Å²) in [6, 6.07) is 7.57. The standard InChI is InChI=1S/C44H70N5O8/c1-29(2)26-33(46-41(54)57-42(5,6)7)23-22-32(27-31-18-13-12-14-19-31)39(52)48-25-17-21-36(48)38(51)47-35(40(53)56-30(3)4)20-15-16-24-45-37(50)34-28-43(8,9)49(55)44(34,10)11/h12-14,18-19,22-23,29-30,32-36H,15-17,20-21,24-28H2,1-11H3,(H,45,50)(H,46,54)(H,47,51)/b23-22+/t32-,33-,34?,35+,36+/m1/s1. The van der Waals surface area contributed by atoms with Crippen molar-refractivity contribution in [3.8, 4) is 0 Å². The molecule has 3 N–H and O–H groups in total. The molecule has 57 heavy (non-hydrogen) atoms. The Labute approximate surface area is 341 Å². The monoisotopic (exact) mass is 797 g/mol. The molecule has 319 valence electrons. The highest BCUT2D eigenvalue weighted by molar-refractivity contribution is 5.92. The second kappa shape index (κ2) is 20.6. The van der Waals surface area contributed by atoms with Crippen molar-refractivity contribution < 1.29 is 38.7 Å². The molecule has 13 nitrogen and oxygen atoms in total. The van der Waals surface area contributed by atoms with Crippen LogP contribution in [0.3, 0.4) is 0 Å². The zero-order valence-electron chi connectivity index (χ0n) is 36.3. The molecule has 2 aliphatic rings. The van der Waals surface area contributed by atoms with Crippen LogP contribution in [0, 0.1) is 17.8 Å². The van der Waals surface area contributed by atoms with Gasteiger partial charge in [-0.15, -0.1) is 10.3 Å². The number of hydroxylamine groups is 2. The molecule has 0 saturated carbocycles. The number of esters is 1. The number of rotatable bonds is 18. The zero-order chi connectivity index (χ0) is 42.7. The Hall–Kier alpha value is -3.97. The fourth-order valence-corrected chi connectivity index (χ4v) is 7.85. The molecule has 0 bridgehead atoms. The normalized spacial score (nSPS) is 21.0. The molecule has 0 aliphatic carbocycles. The van der Waals surface area contributed by atoms with Gasteiger partial charge in [-0.3, -0.25) is 14.4 Å². The lowest BCUT2D eigenvalue weighted by Gasteiger charge is -2.33. The third kappa shape index (κ3) is 14.4. The lowest BCUT2D eigenvalue weighted by Crippen LogP contribution is -2.52. The molecule has 1 radical (unpaired) electrons. The van der Waals surface area contributed by atoms with Crippen molar-refractivity contribution in [3.05, 3.63) is 48.0 Å². The molecule has 4 amide bonds. The van der Waals surface area contributed by atoms with Crippen LogP contribution in [0.15, 0.2) is 42.5 Å². The Morgan fingerprint density at radius 3 is 2.18 bits per heavy atom. The maximum Gasteiger partial charge on any atom is 0.408 e. The fourth-order valence-electron chi connectivity index (χ4n) is 7.85. The minimum Gasteiger partial charge on any atom is -0.461 e. The number of nitrogens with zero attached hydrogens (tertiary/aromatic N) is 2. The van der Waals surface area contributed by atoms with Crippen LogP contribution in [-0.2, 0) is 40.3 Å². The van der Waals surface area contributed by atoms with Crippen LogP contribution >= 0.6 is 0 Å². The minimum atomic E-state index is -0.938. The van der Waals surface area contributed by atoms with E-state index in [2.05, 4.69) is 29.8 Å². The summed E-state index contributed by atoms with van der Waals surface area (Å²) in [6.45, 7) is 21.0. The van der Waals surface area contributed by atoms with E-state index in [1.54, 1.807) is 53.4 Å². The van der Waals surface area contributed by atoms with Gasteiger partial charge in [-0.25, -0.2) is 9.59 Å². The van der Waals surface area contributed by atoms with Crippen LogP contribution < -0.4 is 16.0 Å². The number of unbranched alkanes of at least 4 members (excludes halogenated alkanes) is 1. The van der Waals surface area contributed by atoms with Gasteiger partial charge in [0, 0.05) is 18.6 Å². The van der Waals surface area contributed by atoms with E-state index in [1.807, 2.05) is 56.3 Å². The predicted molar refractivity (Wildman–Crippen MR) is 219 cm³/mol. The Kier molecular flexibility index (Phi) is 17.2. The Morgan fingerprint density at radius 1 is 0.930 bits per heavy atom. The quantitative estimate of drug-likeness (QED) is 0.0888. The molecule has 13 heteroatoms. The van der Waals surface area contributed by atoms with Crippen molar-refractivity contribution in [1.29, 1.82) is 0 Å². The Morgan fingerprint density at radius 2 is 1.60 bits per heavy atom. The summed E-state index contributed by atoms with van der Waals surface area (Å²) in [5.41, 5.74) is -1.17. The van der Waals surface area contributed by atoms with Crippen LogP contribution in [0.2, 0.25) is 0 Å². The number of carbonyl (C=O) groups is 5. The molecule has 5 atom stereocenters. The van der Waals surface area contributed by atoms with Crippen LogP contribution in [0.1, 0.15) is 127 Å². The molecule has 2 fully saturated rings. The molecule has 0 spiro atoms. The first-order chi connectivity index (χ1) is 26.5. The molecule has 2 aliphatic heterocycles. The van der Waals surface area contributed by atoms with E-state index in [0.29, 0.717) is 58.0 Å². The maximum absolute atomic E-state index is 14.4.